The zero-order valence-electron chi connectivity index (χ0n) is 13.3. The molecule has 3 unspecified atom stereocenters. The minimum atomic E-state index is -0.152. The monoisotopic (exact) mass is 322 g/mol. The van der Waals surface area contributed by atoms with Crippen LogP contribution in [0.5, 0.6) is 0 Å². The van der Waals surface area contributed by atoms with Crippen molar-refractivity contribution in [3.05, 3.63) is 35.9 Å². The lowest BCUT2D eigenvalue weighted by Gasteiger charge is -2.35. The zero-order chi connectivity index (χ0) is 15.9. The van der Waals surface area contributed by atoms with Gasteiger partial charge < -0.3 is 15.7 Å². The number of amides is 2. The highest BCUT2D eigenvalue weighted by molar-refractivity contribution is 7.99. The van der Waals surface area contributed by atoms with Gasteiger partial charge in [-0.3, -0.25) is 0 Å². The number of rotatable bonds is 7. The van der Waals surface area contributed by atoms with E-state index in [4.69, 9.17) is 0 Å². The van der Waals surface area contributed by atoms with Gasteiger partial charge in [0, 0.05) is 11.3 Å². The molecule has 0 heterocycles. The SMILES string of the molecule is CSC(CO)C(C)NC(=O)NC(c1ccccc1)C1CCC1. The Morgan fingerprint density at radius 1 is 1.32 bits per heavy atom. The maximum atomic E-state index is 12.3. The van der Waals surface area contributed by atoms with Crippen LogP contribution in [-0.2, 0) is 0 Å². The van der Waals surface area contributed by atoms with E-state index in [2.05, 4.69) is 22.8 Å². The van der Waals surface area contributed by atoms with E-state index in [1.165, 1.54) is 24.8 Å². The van der Waals surface area contributed by atoms with Crippen LogP contribution in [0, 0.1) is 5.92 Å². The van der Waals surface area contributed by atoms with E-state index in [1.54, 1.807) is 11.8 Å². The Hall–Kier alpha value is -1.20. The van der Waals surface area contributed by atoms with Crippen molar-refractivity contribution in [2.24, 2.45) is 5.92 Å². The van der Waals surface area contributed by atoms with Gasteiger partial charge in [-0.25, -0.2) is 4.79 Å². The number of carbonyl (C=O) groups excluding carboxylic acids is 1. The van der Waals surface area contributed by atoms with Crippen molar-refractivity contribution in [1.29, 1.82) is 0 Å². The van der Waals surface area contributed by atoms with Gasteiger partial charge in [-0.1, -0.05) is 36.8 Å². The molecule has 5 heteroatoms. The fraction of sp³-hybridized carbons (Fsp3) is 0.588. The van der Waals surface area contributed by atoms with Crippen LogP contribution in [0.15, 0.2) is 30.3 Å². The summed E-state index contributed by atoms with van der Waals surface area (Å²) in [5.74, 6) is 0.526. The lowest BCUT2D eigenvalue weighted by Crippen LogP contribution is -2.48. The van der Waals surface area contributed by atoms with Gasteiger partial charge in [0.1, 0.15) is 0 Å². The van der Waals surface area contributed by atoms with E-state index in [-0.39, 0.29) is 30.0 Å². The van der Waals surface area contributed by atoms with Crippen molar-refractivity contribution in [3.63, 3.8) is 0 Å². The van der Waals surface area contributed by atoms with E-state index in [0.29, 0.717) is 5.92 Å². The summed E-state index contributed by atoms with van der Waals surface area (Å²) >= 11 is 1.56. The first-order chi connectivity index (χ1) is 10.7. The second kappa shape index (κ2) is 8.44. The molecule has 3 N–H and O–H groups in total. The van der Waals surface area contributed by atoms with E-state index in [9.17, 15) is 9.90 Å². The van der Waals surface area contributed by atoms with Crippen LogP contribution in [0.1, 0.15) is 37.8 Å². The summed E-state index contributed by atoms with van der Waals surface area (Å²) in [6.45, 7) is 1.99. The maximum Gasteiger partial charge on any atom is 0.315 e. The van der Waals surface area contributed by atoms with Gasteiger partial charge in [-0.05, 0) is 37.5 Å². The highest BCUT2D eigenvalue weighted by Crippen LogP contribution is 2.37. The average molecular weight is 322 g/mol. The highest BCUT2D eigenvalue weighted by Gasteiger charge is 2.30. The van der Waals surface area contributed by atoms with Crippen molar-refractivity contribution in [3.8, 4) is 0 Å². The lowest BCUT2D eigenvalue weighted by molar-refractivity contribution is 0.203. The highest BCUT2D eigenvalue weighted by atomic mass is 32.2. The summed E-state index contributed by atoms with van der Waals surface area (Å²) in [6.07, 6.45) is 5.52. The van der Waals surface area contributed by atoms with Crippen LogP contribution >= 0.6 is 11.8 Å². The minimum Gasteiger partial charge on any atom is -0.395 e. The van der Waals surface area contributed by atoms with Crippen molar-refractivity contribution in [1.82, 2.24) is 10.6 Å². The van der Waals surface area contributed by atoms with Gasteiger partial charge in [-0.15, -0.1) is 0 Å². The molecule has 1 saturated carbocycles. The Morgan fingerprint density at radius 3 is 2.50 bits per heavy atom. The van der Waals surface area contributed by atoms with Crippen LogP contribution in [-0.4, -0.2) is 35.3 Å². The Balaban J connectivity index is 1.97. The molecule has 1 fully saturated rings. The first kappa shape index (κ1) is 17.2. The van der Waals surface area contributed by atoms with E-state index < -0.39 is 0 Å². The molecule has 1 aliphatic carbocycles. The molecule has 1 aliphatic rings. The Morgan fingerprint density at radius 2 is 2.00 bits per heavy atom. The molecule has 1 aromatic rings. The van der Waals surface area contributed by atoms with Gasteiger partial charge in [0.15, 0.2) is 0 Å². The molecule has 0 bridgehead atoms. The predicted molar refractivity (Wildman–Crippen MR) is 92.0 cm³/mol. The largest absolute Gasteiger partial charge is 0.395 e. The summed E-state index contributed by atoms with van der Waals surface area (Å²) < 4.78 is 0. The minimum absolute atomic E-state index is 0.0182. The van der Waals surface area contributed by atoms with Crippen molar-refractivity contribution < 1.29 is 9.90 Å². The van der Waals surface area contributed by atoms with Crippen LogP contribution in [0.25, 0.3) is 0 Å². The molecule has 122 valence electrons. The van der Waals surface area contributed by atoms with Gasteiger partial charge >= 0.3 is 6.03 Å². The maximum absolute atomic E-state index is 12.3. The number of urea groups is 1. The fourth-order valence-corrected chi connectivity index (χ4v) is 3.45. The first-order valence-corrected chi connectivity index (χ1v) is 9.20. The second-order valence-corrected chi connectivity index (χ2v) is 7.02. The molecule has 2 rings (SSSR count). The number of benzene rings is 1. The van der Waals surface area contributed by atoms with Crippen LogP contribution in [0.3, 0.4) is 0 Å². The average Bonchev–Trinajstić information content (AvgIpc) is 2.47. The number of carbonyl (C=O) groups is 1. The summed E-state index contributed by atoms with van der Waals surface area (Å²) in [5.41, 5.74) is 1.17. The first-order valence-electron chi connectivity index (χ1n) is 7.91. The summed E-state index contributed by atoms with van der Waals surface area (Å²) in [5, 5.41) is 15.4. The molecule has 3 atom stereocenters. The third-order valence-electron chi connectivity index (χ3n) is 4.47. The van der Waals surface area contributed by atoms with Crippen molar-refractivity contribution in [2.75, 3.05) is 12.9 Å². The third-order valence-corrected chi connectivity index (χ3v) is 5.63. The van der Waals surface area contributed by atoms with Gasteiger partial charge in [0.2, 0.25) is 0 Å². The summed E-state index contributed by atoms with van der Waals surface area (Å²) in [4.78, 5) is 12.3. The lowest BCUT2D eigenvalue weighted by atomic mass is 9.77. The standard InChI is InChI=1S/C17H26N2O2S/c1-12(15(11-20)22-2)18-17(21)19-16(14-9-6-10-14)13-7-4-3-5-8-13/h3-5,7-8,12,14-16,20H,6,9-11H2,1-2H3,(H2,18,19,21). The second-order valence-electron chi connectivity index (χ2n) is 5.94. The molecular weight excluding hydrogens is 296 g/mol. The molecule has 0 aliphatic heterocycles. The van der Waals surface area contributed by atoms with Crippen molar-refractivity contribution in [2.45, 2.75) is 43.5 Å². The normalized spacial score (nSPS) is 18.9. The molecule has 4 nitrogen and oxygen atoms in total. The van der Waals surface area contributed by atoms with Crippen LogP contribution in [0.2, 0.25) is 0 Å². The van der Waals surface area contributed by atoms with Crippen molar-refractivity contribution >= 4 is 17.8 Å². The quantitative estimate of drug-likeness (QED) is 0.723. The number of nitrogens with one attached hydrogen (secondary N) is 2. The molecule has 22 heavy (non-hydrogen) atoms. The molecule has 0 aromatic heterocycles. The van der Waals surface area contributed by atoms with Crippen LogP contribution < -0.4 is 10.6 Å². The van der Waals surface area contributed by atoms with E-state index in [0.717, 1.165) is 0 Å². The summed E-state index contributed by atoms with van der Waals surface area (Å²) in [6, 6.07) is 10.0. The molecular formula is C17H26N2O2S. The number of hydrogen-bond donors (Lipinski definition) is 3. The van der Waals surface area contributed by atoms with Crippen LogP contribution in [0.4, 0.5) is 4.79 Å². The van der Waals surface area contributed by atoms with E-state index in [1.807, 2.05) is 31.4 Å². The van der Waals surface area contributed by atoms with Gasteiger partial charge in [0.25, 0.3) is 0 Å². The van der Waals surface area contributed by atoms with Gasteiger partial charge in [0.05, 0.1) is 12.6 Å². The molecule has 2 amide bonds. The number of aliphatic hydroxyl groups is 1. The fourth-order valence-electron chi connectivity index (χ4n) is 2.83. The topological polar surface area (TPSA) is 61.4 Å². The third kappa shape index (κ3) is 4.40. The number of thioether (sulfide) groups is 1. The van der Waals surface area contributed by atoms with Gasteiger partial charge in [-0.2, -0.15) is 11.8 Å². The Kier molecular flexibility index (Phi) is 6.58. The number of aliphatic hydroxyl groups excluding tert-OH is 1. The molecule has 1 aromatic carbocycles. The molecule has 0 spiro atoms. The molecule has 0 radical (unpaired) electrons. The van der Waals surface area contributed by atoms with E-state index >= 15 is 0 Å². The Bertz CT molecular complexity index is 461. The number of hydrogen-bond acceptors (Lipinski definition) is 3. The summed E-state index contributed by atoms with van der Waals surface area (Å²) in [7, 11) is 0. The molecule has 0 saturated heterocycles. The Labute approximate surface area is 137 Å². The predicted octanol–water partition coefficient (Wildman–Crippen LogP) is 2.94. The smallest absolute Gasteiger partial charge is 0.315 e. The zero-order valence-corrected chi connectivity index (χ0v) is 14.1.